The molecule has 0 radical (unpaired) electrons. The number of hydrogen-bond acceptors (Lipinski definition) is 3. The first kappa shape index (κ1) is 24.1. The summed E-state index contributed by atoms with van der Waals surface area (Å²) in [4.78, 5) is 0. The minimum absolute atomic E-state index is 0.604. The number of hydrogen-bond donors (Lipinski definition) is 0. The Balaban J connectivity index is 0.00000101. The Morgan fingerprint density at radius 2 is 1.28 bits per heavy atom. The number of aryl methyl sites for hydroxylation is 2. The summed E-state index contributed by atoms with van der Waals surface area (Å²) in [6, 6.07) is 4.58. The van der Waals surface area contributed by atoms with Crippen LogP contribution in [0.1, 0.15) is 83.6 Å². The Bertz CT molecular complexity index is 504. The van der Waals surface area contributed by atoms with Gasteiger partial charge in [-0.15, -0.1) is 0 Å². The zero-order chi connectivity index (χ0) is 19.0. The van der Waals surface area contributed by atoms with E-state index in [1.165, 1.54) is 82.7 Å². The molecule has 0 atom stereocenters. The highest BCUT2D eigenvalue weighted by atomic mass is 32.2. The summed E-state index contributed by atoms with van der Waals surface area (Å²) < 4.78 is 29.6. The summed E-state index contributed by atoms with van der Waals surface area (Å²) >= 11 is 0. The largest absolute Gasteiger partial charge is 0.748 e. The van der Waals surface area contributed by atoms with Gasteiger partial charge in [-0.2, -0.15) is 0 Å². The van der Waals surface area contributed by atoms with Crippen LogP contribution in [0, 0.1) is 0 Å². The Kier molecular flexibility index (Phi) is 14.7. The third kappa shape index (κ3) is 19.2. The Labute approximate surface area is 155 Å². The van der Waals surface area contributed by atoms with Crippen LogP contribution in [-0.4, -0.2) is 19.2 Å². The van der Waals surface area contributed by atoms with Crippen molar-refractivity contribution in [1.82, 2.24) is 0 Å². The molecule has 1 heterocycles. The lowest BCUT2D eigenvalue weighted by molar-refractivity contribution is -0.697. The molecule has 0 aromatic carbocycles. The molecular formula is C20H37NO3S. The fourth-order valence-corrected chi connectivity index (χ4v) is 2.61. The van der Waals surface area contributed by atoms with E-state index in [2.05, 4.69) is 42.9 Å². The van der Waals surface area contributed by atoms with Gasteiger partial charge in [0, 0.05) is 24.8 Å². The van der Waals surface area contributed by atoms with Crippen molar-refractivity contribution in [2.24, 2.45) is 0 Å². The van der Waals surface area contributed by atoms with Gasteiger partial charge in [-0.3, -0.25) is 0 Å². The lowest BCUT2D eigenvalue weighted by Gasteiger charge is -2.01. The molecule has 0 bridgehead atoms. The van der Waals surface area contributed by atoms with Crippen molar-refractivity contribution >= 4 is 10.1 Å². The standard InChI is InChI=1S/C19H34N.CH4O3S/c1-3-5-7-8-9-10-11-12-16-20-17-14-19(15-18-20)13-6-4-2;1-5(2,3)4/h14-15,17-18H,3-13,16H2,1-2H3;1H3,(H,2,3,4)/q+1;/p-1. The van der Waals surface area contributed by atoms with Crippen LogP contribution in [-0.2, 0) is 23.1 Å². The highest BCUT2D eigenvalue weighted by molar-refractivity contribution is 7.84. The predicted octanol–water partition coefficient (Wildman–Crippen LogP) is 4.62. The van der Waals surface area contributed by atoms with E-state index < -0.39 is 10.1 Å². The predicted molar refractivity (Wildman–Crippen MR) is 103 cm³/mol. The van der Waals surface area contributed by atoms with Crippen LogP contribution in [0.4, 0.5) is 0 Å². The SMILES string of the molecule is CCCCCCCCCC[n+]1ccc(CCCC)cc1.CS(=O)(=O)[O-]. The van der Waals surface area contributed by atoms with Crippen LogP contribution in [0.3, 0.4) is 0 Å². The number of pyridine rings is 1. The van der Waals surface area contributed by atoms with E-state index in [4.69, 9.17) is 13.0 Å². The Morgan fingerprint density at radius 1 is 0.840 bits per heavy atom. The maximum Gasteiger partial charge on any atom is 0.169 e. The molecule has 0 saturated heterocycles. The minimum Gasteiger partial charge on any atom is -0.748 e. The van der Waals surface area contributed by atoms with Gasteiger partial charge in [0.2, 0.25) is 0 Å². The van der Waals surface area contributed by atoms with Crippen molar-refractivity contribution < 1.29 is 17.5 Å². The van der Waals surface area contributed by atoms with Crippen molar-refractivity contribution in [3.63, 3.8) is 0 Å². The molecular weight excluding hydrogens is 334 g/mol. The quantitative estimate of drug-likeness (QED) is 0.306. The first-order valence-electron chi connectivity index (χ1n) is 9.75. The summed E-state index contributed by atoms with van der Waals surface area (Å²) in [6.45, 7) is 5.72. The summed E-state index contributed by atoms with van der Waals surface area (Å²) in [6.07, 6.45) is 20.1. The van der Waals surface area contributed by atoms with Gasteiger partial charge in [0.15, 0.2) is 12.4 Å². The lowest BCUT2D eigenvalue weighted by Crippen LogP contribution is -2.32. The van der Waals surface area contributed by atoms with Crippen LogP contribution >= 0.6 is 0 Å². The Morgan fingerprint density at radius 3 is 1.76 bits per heavy atom. The van der Waals surface area contributed by atoms with Crippen LogP contribution in [0.25, 0.3) is 0 Å². The van der Waals surface area contributed by atoms with Gasteiger partial charge in [0.1, 0.15) is 6.54 Å². The summed E-state index contributed by atoms with van der Waals surface area (Å²) in [5, 5.41) is 0. The summed E-state index contributed by atoms with van der Waals surface area (Å²) in [5.41, 5.74) is 1.49. The molecule has 0 saturated carbocycles. The number of unbranched alkanes of at least 4 members (excludes halogenated alkanes) is 8. The molecule has 146 valence electrons. The highest BCUT2D eigenvalue weighted by Crippen LogP contribution is 2.08. The third-order valence-corrected chi connectivity index (χ3v) is 4.05. The van der Waals surface area contributed by atoms with Gasteiger partial charge in [-0.1, -0.05) is 58.8 Å². The van der Waals surface area contributed by atoms with Crippen LogP contribution in [0.2, 0.25) is 0 Å². The third-order valence-electron chi connectivity index (χ3n) is 4.05. The molecule has 0 spiro atoms. The number of rotatable bonds is 12. The van der Waals surface area contributed by atoms with E-state index in [0.29, 0.717) is 6.26 Å². The van der Waals surface area contributed by atoms with E-state index in [-0.39, 0.29) is 0 Å². The molecule has 5 heteroatoms. The van der Waals surface area contributed by atoms with Gasteiger partial charge in [-0.05, 0) is 24.8 Å². The molecule has 0 fully saturated rings. The molecule has 0 aliphatic rings. The van der Waals surface area contributed by atoms with Crippen LogP contribution in [0.15, 0.2) is 24.5 Å². The number of aromatic nitrogens is 1. The maximum atomic E-state index is 9.08. The Hall–Kier alpha value is -0.940. The van der Waals surface area contributed by atoms with Gasteiger partial charge >= 0.3 is 0 Å². The molecule has 4 nitrogen and oxygen atoms in total. The average molecular weight is 372 g/mol. The van der Waals surface area contributed by atoms with E-state index >= 15 is 0 Å². The molecule has 25 heavy (non-hydrogen) atoms. The molecule has 1 aromatic rings. The fourth-order valence-electron chi connectivity index (χ4n) is 2.61. The van der Waals surface area contributed by atoms with Crippen LogP contribution < -0.4 is 4.57 Å². The summed E-state index contributed by atoms with van der Waals surface area (Å²) in [7, 11) is -3.92. The molecule has 0 amide bonds. The minimum atomic E-state index is -3.92. The van der Waals surface area contributed by atoms with Crippen molar-refractivity contribution in [2.75, 3.05) is 6.26 Å². The zero-order valence-corrected chi connectivity index (χ0v) is 17.2. The monoisotopic (exact) mass is 371 g/mol. The lowest BCUT2D eigenvalue weighted by atomic mass is 10.1. The second-order valence-electron chi connectivity index (χ2n) is 6.73. The van der Waals surface area contributed by atoms with Gasteiger partial charge < -0.3 is 4.55 Å². The first-order chi connectivity index (χ1) is 11.9. The van der Waals surface area contributed by atoms with E-state index in [0.717, 1.165) is 0 Å². The van der Waals surface area contributed by atoms with E-state index in [1.54, 1.807) is 0 Å². The molecule has 1 aromatic heterocycles. The molecule has 0 unspecified atom stereocenters. The molecule has 0 N–H and O–H groups in total. The molecule has 1 rings (SSSR count). The van der Waals surface area contributed by atoms with Crippen LogP contribution in [0.5, 0.6) is 0 Å². The van der Waals surface area contributed by atoms with Crippen molar-refractivity contribution in [1.29, 1.82) is 0 Å². The second-order valence-corrected chi connectivity index (χ2v) is 8.14. The highest BCUT2D eigenvalue weighted by Gasteiger charge is 2.01. The molecule has 0 aliphatic heterocycles. The average Bonchev–Trinajstić information content (AvgIpc) is 2.55. The molecule has 0 aliphatic carbocycles. The van der Waals surface area contributed by atoms with Crippen molar-refractivity contribution in [3.05, 3.63) is 30.1 Å². The van der Waals surface area contributed by atoms with E-state index in [1.807, 2.05) is 0 Å². The topological polar surface area (TPSA) is 61.1 Å². The van der Waals surface area contributed by atoms with Gasteiger partial charge in [0.05, 0.1) is 10.1 Å². The van der Waals surface area contributed by atoms with E-state index in [9.17, 15) is 0 Å². The first-order valence-corrected chi connectivity index (χ1v) is 11.6. The zero-order valence-electron chi connectivity index (χ0n) is 16.4. The van der Waals surface area contributed by atoms with Crippen molar-refractivity contribution in [3.8, 4) is 0 Å². The fraction of sp³-hybridized carbons (Fsp3) is 0.750. The normalized spacial score (nSPS) is 11.0. The van der Waals surface area contributed by atoms with Gasteiger partial charge in [0.25, 0.3) is 0 Å². The van der Waals surface area contributed by atoms with Crippen molar-refractivity contribution in [2.45, 2.75) is 91.0 Å². The second kappa shape index (κ2) is 15.3. The number of nitrogens with zero attached hydrogens (tertiary/aromatic N) is 1. The smallest absolute Gasteiger partial charge is 0.169 e. The van der Waals surface area contributed by atoms with Gasteiger partial charge in [-0.25, -0.2) is 13.0 Å². The maximum absolute atomic E-state index is 9.08. The summed E-state index contributed by atoms with van der Waals surface area (Å²) in [5.74, 6) is 0.